The number of hydrogen-bond acceptors (Lipinski definition) is 4. The molecule has 23 heavy (non-hydrogen) atoms. The van der Waals surface area contributed by atoms with Crippen LogP contribution in [0.15, 0.2) is 12.1 Å². The van der Waals surface area contributed by atoms with Crippen LogP contribution in [0, 0.1) is 27.7 Å². The van der Waals surface area contributed by atoms with Gasteiger partial charge in [-0.15, -0.1) is 0 Å². The summed E-state index contributed by atoms with van der Waals surface area (Å²) < 4.78 is 9.96. The summed E-state index contributed by atoms with van der Waals surface area (Å²) in [5, 5.41) is 9.20. The van der Waals surface area contributed by atoms with Gasteiger partial charge in [-0.1, -0.05) is 0 Å². The summed E-state index contributed by atoms with van der Waals surface area (Å²) in [6.07, 6.45) is 2.63. The highest BCUT2D eigenvalue weighted by molar-refractivity contribution is 5.07. The van der Waals surface area contributed by atoms with Crippen molar-refractivity contribution >= 4 is 0 Å². The average Bonchev–Trinajstić information content (AvgIpc) is 3.15. The third-order valence-electron chi connectivity index (χ3n) is 4.36. The van der Waals surface area contributed by atoms with E-state index in [9.17, 15) is 0 Å². The van der Waals surface area contributed by atoms with Crippen molar-refractivity contribution < 1.29 is 4.74 Å². The van der Waals surface area contributed by atoms with E-state index in [1.165, 1.54) is 11.4 Å². The standard InChI is InChI=1S/C17H27N5O/c1-13-8-15(3)21(18-13)11-20(10-17-6-5-7-23-17)12-22-16(4)9-14(2)19-22/h8-9,17H,5-7,10-12H2,1-4H3. The Labute approximate surface area is 138 Å². The van der Waals surface area contributed by atoms with Crippen LogP contribution in [-0.2, 0) is 18.1 Å². The highest BCUT2D eigenvalue weighted by atomic mass is 16.5. The van der Waals surface area contributed by atoms with Gasteiger partial charge in [-0.05, 0) is 52.7 Å². The lowest BCUT2D eigenvalue weighted by Crippen LogP contribution is -2.36. The van der Waals surface area contributed by atoms with Crippen LogP contribution in [-0.4, -0.2) is 43.7 Å². The lowest BCUT2D eigenvalue weighted by molar-refractivity contribution is 0.0434. The summed E-state index contributed by atoms with van der Waals surface area (Å²) in [6.45, 7) is 11.6. The Kier molecular flexibility index (Phi) is 4.82. The second-order valence-corrected chi connectivity index (χ2v) is 6.62. The number of aromatic nitrogens is 4. The molecular formula is C17H27N5O. The van der Waals surface area contributed by atoms with Gasteiger partial charge in [0.1, 0.15) is 0 Å². The number of ether oxygens (including phenoxy) is 1. The summed E-state index contributed by atoms with van der Waals surface area (Å²) in [5.74, 6) is 0. The van der Waals surface area contributed by atoms with Gasteiger partial charge in [-0.3, -0.25) is 14.3 Å². The van der Waals surface area contributed by atoms with E-state index >= 15 is 0 Å². The van der Waals surface area contributed by atoms with Crippen molar-refractivity contribution in [3.8, 4) is 0 Å². The Hall–Kier alpha value is -1.66. The minimum Gasteiger partial charge on any atom is -0.377 e. The van der Waals surface area contributed by atoms with Crippen molar-refractivity contribution in [2.45, 2.75) is 60.0 Å². The minimum atomic E-state index is 0.323. The molecule has 0 aliphatic carbocycles. The Morgan fingerprint density at radius 3 is 2.00 bits per heavy atom. The molecule has 1 atom stereocenters. The average molecular weight is 317 g/mol. The molecule has 1 unspecified atom stereocenters. The van der Waals surface area contributed by atoms with Gasteiger partial charge in [-0.25, -0.2) is 0 Å². The monoisotopic (exact) mass is 317 g/mol. The van der Waals surface area contributed by atoms with E-state index in [-0.39, 0.29) is 0 Å². The van der Waals surface area contributed by atoms with Gasteiger partial charge >= 0.3 is 0 Å². The summed E-state index contributed by atoms with van der Waals surface area (Å²) in [7, 11) is 0. The molecule has 3 heterocycles. The molecule has 1 aliphatic heterocycles. The Morgan fingerprint density at radius 1 is 1.04 bits per heavy atom. The van der Waals surface area contributed by atoms with Gasteiger partial charge in [0, 0.05) is 24.5 Å². The van der Waals surface area contributed by atoms with E-state index in [0.29, 0.717) is 6.10 Å². The molecule has 6 nitrogen and oxygen atoms in total. The lowest BCUT2D eigenvalue weighted by atomic mass is 10.2. The number of hydrogen-bond donors (Lipinski definition) is 0. The van der Waals surface area contributed by atoms with Crippen molar-refractivity contribution in [1.29, 1.82) is 0 Å². The maximum atomic E-state index is 5.83. The van der Waals surface area contributed by atoms with Crippen LogP contribution in [0.5, 0.6) is 0 Å². The molecule has 1 aliphatic rings. The van der Waals surface area contributed by atoms with Gasteiger partial charge in [0.15, 0.2) is 0 Å². The Morgan fingerprint density at radius 2 is 1.61 bits per heavy atom. The maximum Gasteiger partial charge on any atom is 0.0947 e. The fourth-order valence-electron chi connectivity index (χ4n) is 3.25. The van der Waals surface area contributed by atoms with E-state index in [2.05, 4.69) is 50.4 Å². The summed E-state index contributed by atoms with van der Waals surface area (Å²) in [4.78, 5) is 2.37. The van der Waals surface area contributed by atoms with Crippen LogP contribution in [0.3, 0.4) is 0 Å². The number of rotatable bonds is 6. The smallest absolute Gasteiger partial charge is 0.0947 e. The first kappa shape index (κ1) is 16.2. The highest BCUT2D eigenvalue weighted by Crippen LogP contribution is 2.15. The molecule has 0 saturated carbocycles. The van der Waals surface area contributed by atoms with Crippen LogP contribution in [0.25, 0.3) is 0 Å². The molecule has 0 spiro atoms. The second-order valence-electron chi connectivity index (χ2n) is 6.62. The third kappa shape index (κ3) is 4.00. The van der Waals surface area contributed by atoms with Crippen molar-refractivity contribution in [2.24, 2.45) is 0 Å². The van der Waals surface area contributed by atoms with Crippen molar-refractivity contribution in [1.82, 2.24) is 24.5 Å². The minimum absolute atomic E-state index is 0.323. The fraction of sp³-hybridized carbons (Fsp3) is 0.647. The quantitative estimate of drug-likeness (QED) is 0.821. The van der Waals surface area contributed by atoms with E-state index in [1.807, 2.05) is 13.8 Å². The SMILES string of the molecule is Cc1cc(C)n(CN(CC2CCCO2)Cn2nc(C)cc2C)n1. The van der Waals surface area contributed by atoms with Crippen LogP contribution < -0.4 is 0 Å². The molecule has 2 aromatic heterocycles. The zero-order chi connectivity index (χ0) is 16.4. The zero-order valence-corrected chi connectivity index (χ0v) is 14.6. The first-order chi connectivity index (χ1) is 11.0. The summed E-state index contributed by atoms with van der Waals surface area (Å²) in [6, 6.07) is 4.24. The molecule has 3 rings (SSSR count). The van der Waals surface area contributed by atoms with Crippen LogP contribution >= 0.6 is 0 Å². The normalized spacial score (nSPS) is 18.2. The predicted octanol–water partition coefficient (Wildman–Crippen LogP) is 2.41. The maximum absolute atomic E-state index is 5.83. The van der Waals surface area contributed by atoms with E-state index in [1.54, 1.807) is 0 Å². The lowest BCUT2D eigenvalue weighted by Gasteiger charge is -2.26. The molecule has 0 N–H and O–H groups in total. The number of nitrogens with zero attached hydrogens (tertiary/aromatic N) is 5. The van der Waals surface area contributed by atoms with Crippen LogP contribution in [0.2, 0.25) is 0 Å². The highest BCUT2D eigenvalue weighted by Gasteiger charge is 2.21. The van der Waals surface area contributed by atoms with E-state index < -0.39 is 0 Å². The molecular weight excluding hydrogens is 290 g/mol. The molecule has 126 valence electrons. The predicted molar refractivity (Wildman–Crippen MR) is 89.1 cm³/mol. The van der Waals surface area contributed by atoms with Gasteiger partial charge in [0.05, 0.1) is 30.8 Å². The first-order valence-corrected chi connectivity index (χ1v) is 8.37. The van der Waals surface area contributed by atoms with Gasteiger partial charge in [-0.2, -0.15) is 10.2 Å². The molecule has 2 aromatic rings. The van der Waals surface area contributed by atoms with E-state index in [0.717, 1.165) is 50.7 Å². The van der Waals surface area contributed by atoms with Gasteiger partial charge in [0.2, 0.25) is 0 Å². The molecule has 0 aromatic carbocycles. The largest absolute Gasteiger partial charge is 0.377 e. The topological polar surface area (TPSA) is 48.1 Å². The van der Waals surface area contributed by atoms with E-state index in [4.69, 9.17) is 4.74 Å². The summed E-state index contributed by atoms with van der Waals surface area (Å²) >= 11 is 0. The first-order valence-electron chi connectivity index (χ1n) is 8.37. The van der Waals surface area contributed by atoms with Crippen molar-refractivity contribution in [3.05, 3.63) is 34.9 Å². The zero-order valence-electron chi connectivity index (χ0n) is 14.6. The van der Waals surface area contributed by atoms with Crippen molar-refractivity contribution in [3.63, 3.8) is 0 Å². The third-order valence-corrected chi connectivity index (χ3v) is 4.36. The second kappa shape index (κ2) is 6.84. The number of aryl methyl sites for hydroxylation is 4. The molecule has 0 amide bonds. The molecule has 0 bridgehead atoms. The summed E-state index contributed by atoms with van der Waals surface area (Å²) in [5.41, 5.74) is 4.50. The van der Waals surface area contributed by atoms with Crippen LogP contribution in [0.1, 0.15) is 35.6 Å². The van der Waals surface area contributed by atoms with Crippen LogP contribution in [0.4, 0.5) is 0 Å². The van der Waals surface area contributed by atoms with Crippen molar-refractivity contribution in [2.75, 3.05) is 13.2 Å². The Bertz CT molecular complexity index is 606. The molecule has 1 saturated heterocycles. The molecule has 6 heteroatoms. The van der Waals surface area contributed by atoms with Gasteiger partial charge in [0.25, 0.3) is 0 Å². The Balaban J connectivity index is 1.75. The van der Waals surface area contributed by atoms with Gasteiger partial charge < -0.3 is 4.74 Å². The molecule has 0 radical (unpaired) electrons. The fourth-order valence-corrected chi connectivity index (χ4v) is 3.25. The molecule has 1 fully saturated rings.